The van der Waals surface area contributed by atoms with Crippen LogP contribution >= 0.6 is 15.9 Å². The Balaban J connectivity index is 2.49. The molecule has 0 spiro atoms. The van der Waals surface area contributed by atoms with Crippen molar-refractivity contribution in [3.63, 3.8) is 0 Å². The first-order chi connectivity index (χ1) is 6.81. The van der Waals surface area contributed by atoms with Gasteiger partial charge < -0.3 is 5.73 Å². The maximum atomic E-state index is 5.50. The van der Waals surface area contributed by atoms with Crippen LogP contribution in [0.25, 0.3) is 5.69 Å². The molecule has 1 aromatic heterocycles. The van der Waals surface area contributed by atoms with E-state index in [9.17, 15) is 0 Å². The lowest BCUT2D eigenvalue weighted by molar-refractivity contribution is 0.761. The molecule has 0 atom stereocenters. The minimum absolute atomic E-state index is 0.319. The summed E-state index contributed by atoms with van der Waals surface area (Å²) in [7, 11) is 0. The van der Waals surface area contributed by atoms with Crippen LogP contribution in [0.3, 0.4) is 0 Å². The molecule has 14 heavy (non-hydrogen) atoms. The van der Waals surface area contributed by atoms with Crippen molar-refractivity contribution in [2.45, 2.75) is 6.54 Å². The number of benzene rings is 1. The van der Waals surface area contributed by atoms with Crippen molar-refractivity contribution in [1.29, 1.82) is 0 Å². The standard InChI is InChI=1S/C8H8BrN5/c9-6-2-1-3-7(4-6)14-8(5-10)11-12-13-14/h1-4H,5,10H2. The zero-order valence-electron chi connectivity index (χ0n) is 7.26. The van der Waals surface area contributed by atoms with Gasteiger partial charge in [-0.15, -0.1) is 5.10 Å². The Bertz CT molecular complexity index is 439. The number of halogens is 1. The predicted molar refractivity (Wildman–Crippen MR) is 54.7 cm³/mol. The largest absolute Gasteiger partial charge is 0.324 e. The molecular weight excluding hydrogens is 246 g/mol. The Hall–Kier alpha value is -1.27. The third-order valence-corrected chi connectivity index (χ3v) is 2.26. The Morgan fingerprint density at radius 2 is 2.29 bits per heavy atom. The lowest BCUT2D eigenvalue weighted by Crippen LogP contribution is -2.07. The fourth-order valence-electron chi connectivity index (χ4n) is 1.14. The quantitative estimate of drug-likeness (QED) is 0.863. The Morgan fingerprint density at radius 1 is 1.43 bits per heavy atom. The van der Waals surface area contributed by atoms with Gasteiger partial charge in [-0.2, -0.15) is 4.68 Å². The van der Waals surface area contributed by atoms with Crippen molar-refractivity contribution in [2.75, 3.05) is 0 Å². The summed E-state index contributed by atoms with van der Waals surface area (Å²) < 4.78 is 2.60. The summed E-state index contributed by atoms with van der Waals surface area (Å²) >= 11 is 3.38. The van der Waals surface area contributed by atoms with E-state index in [0.717, 1.165) is 10.2 Å². The van der Waals surface area contributed by atoms with E-state index in [2.05, 4.69) is 31.5 Å². The maximum absolute atomic E-state index is 5.50. The van der Waals surface area contributed by atoms with Crippen LogP contribution in [0.4, 0.5) is 0 Å². The van der Waals surface area contributed by atoms with Crippen molar-refractivity contribution < 1.29 is 0 Å². The normalized spacial score (nSPS) is 10.4. The molecule has 0 saturated carbocycles. The van der Waals surface area contributed by atoms with Crippen LogP contribution in [-0.2, 0) is 6.54 Å². The molecule has 0 aliphatic carbocycles. The van der Waals surface area contributed by atoms with Crippen molar-refractivity contribution >= 4 is 15.9 Å². The Labute approximate surface area is 89.0 Å². The fraction of sp³-hybridized carbons (Fsp3) is 0.125. The van der Waals surface area contributed by atoms with E-state index >= 15 is 0 Å². The summed E-state index contributed by atoms with van der Waals surface area (Å²) in [6, 6.07) is 7.70. The van der Waals surface area contributed by atoms with E-state index < -0.39 is 0 Å². The van der Waals surface area contributed by atoms with Crippen molar-refractivity contribution in [3.05, 3.63) is 34.6 Å². The molecular formula is C8H8BrN5. The van der Waals surface area contributed by atoms with Gasteiger partial charge in [-0.05, 0) is 28.6 Å². The molecule has 0 saturated heterocycles. The molecule has 0 aliphatic heterocycles. The molecule has 2 aromatic rings. The highest BCUT2D eigenvalue weighted by Gasteiger charge is 2.05. The second kappa shape index (κ2) is 3.85. The molecule has 0 unspecified atom stereocenters. The number of nitrogens with zero attached hydrogens (tertiary/aromatic N) is 4. The van der Waals surface area contributed by atoms with Crippen LogP contribution in [-0.4, -0.2) is 20.2 Å². The third-order valence-electron chi connectivity index (χ3n) is 1.77. The SMILES string of the molecule is NCc1nnnn1-c1cccc(Br)c1. The smallest absolute Gasteiger partial charge is 0.170 e. The lowest BCUT2D eigenvalue weighted by Gasteiger charge is -2.02. The van der Waals surface area contributed by atoms with Crippen molar-refractivity contribution in [2.24, 2.45) is 5.73 Å². The third kappa shape index (κ3) is 1.66. The first-order valence-corrected chi connectivity index (χ1v) is 4.84. The number of rotatable bonds is 2. The van der Waals surface area contributed by atoms with Gasteiger partial charge in [-0.1, -0.05) is 22.0 Å². The van der Waals surface area contributed by atoms with E-state index in [1.807, 2.05) is 24.3 Å². The van der Waals surface area contributed by atoms with Crippen molar-refractivity contribution in [3.8, 4) is 5.69 Å². The van der Waals surface area contributed by atoms with Gasteiger partial charge in [0.2, 0.25) is 0 Å². The number of tetrazole rings is 1. The predicted octanol–water partition coefficient (Wildman–Crippen LogP) is 0.883. The molecule has 72 valence electrons. The topological polar surface area (TPSA) is 69.6 Å². The van der Waals surface area contributed by atoms with Gasteiger partial charge in [-0.3, -0.25) is 0 Å². The average Bonchev–Trinajstić information content (AvgIpc) is 2.65. The van der Waals surface area contributed by atoms with Crippen LogP contribution in [0.15, 0.2) is 28.7 Å². The van der Waals surface area contributed by atoms with E-state index in [0.29, 0.717) is 12.4 Å². The monoisotopic (exact) mass is 253 g/mol. The summed E-state index contributed by atoms with van der Waals surface area (Å²) in [5.41, 5.74) is 6.39. The number of nitrogens with two attached hydrogens (primary N) is 1. The van der Waals surface area contributed by atoms with Gasteiger partial charge in [0.05, 0.1) is 12.2 Å². The fourth-order valence-corrected chi connectivity index (χ4v) is 1.53. The first-order valence-electron chi connectivity index (χ1n) is 4.04. The van der Waals surface area contributed by atoms with E-state index in [-0.39, 0.29) is 0 Å². The highest BCUT2D eigenvalue weighted by atomic mass is 79.9. The number of aromatic nitrogens is 4. The molecule has 5 nitrogen and oxygen atoms in total. The van der Waals surface area contributed by atoms with Gasteiger partial charge in [0, 0.05) is 4.47 Å². The van der Waals surface area contributed by atoms with Gasteiger partial charge >= 0.3 is 0 Å². The summed E-state index contributed by atoms with van der Waals surface area (Å²) in [6.07, 6.45) is 0. The second-order valence-electron chi connectivity index (χ2n) is 2.69. The number of hydrogen-bond donors (Lipinski definition) is 1. The average molecular weight is 254 g/mol. The Kier molecular flexibility index (Phi) is 2.55. The second-order valence-corrected chi connectivity index (χ2v) is 3.61. The highest BCUT2D eigenvalue weighted by molar-refractivity contribution is 9.10. The minimum Gasteiger partial charge on any atom is -0.324 e. The van der Waals surface area contributed by atoms with Gasteiger partial charge in [-0.25, -0.2) is 0 Å². The van der Waals surface area contributed by atoms with Crippen LogP contribution < -0.4 is 5.73 Å². The lowest BCUT2D eigenvalue weighted by atomic mass is 10.3. The van der Waals surface area contributed by atoms with Crippen LogP contribution in [0, 0.1) is 0 Å². The summed E-state index contributed by atoms with van der Waals surface area (Å²) in [5.74, 6) is 0.642. The van der Waals surface area contributed by atoms with Crippen molar-refractivity contribution in [1.82, 2.24) is 20.2 Å². The minimum atomic E-state index is 0.319. The molecule has 0 radical (unpaired) electrons. The van der Waals surface area contributed by atoms with Gasteiger partial charge in [0.25, 0.3) is 0 Å². The molecule has 2 rings (SSSR count). The summed E-state index contributed by atoms with van der Waals surface area (Å²) in [4.78, 5) is 0. The van der Waals surface area contributed by atoms with Gasteiger partial charge in [0.15, 0.2) is 5.82 Å². The van der Waals surface area contributed by atoms with Crippen LogP contribution in [0.2, 0.25) is 0 Å². The zero-order valence-corrected chi connectivity index (χ0v) is 8.85. The molecule has 0 aliphatic rings. The van der Waals surface area contributed by atoms with E-state index in [1.165, 1.54) is 0 Å². The summed E-state index contributed by atoms with van der Waals surface area (Å²) in [5, 5.41) is 11.2. The molecule has 0 bridgehead atoms. The summed E-state index contributed by atoms with van der Waals surface area (Å²) in [6.45, 7) is 0.319. The van der Waals surface area contributed by atoms with Crippen LogP contribution in [0.1, 0.15) is 5.82 Å². The molecule has 6 heteroatoms. The maximum Gasteiger partial charge on any atom is 0.170 e. The molecule has 1 aromatic carbocycles. The Morgan fingerprint density at radius 3 is 3.00 bits per heavy atom. The van der Waals surface area contributed by atoms with E-state index in [4.69, 9.17) is 5.73 Å². The highest BCUT2D eigenvalue weighted by Crippen LogP contribution is 2.14. The zero-order chi connectivity index (χ0) is 9.97. The van der Waals surface area contributed by atoms with Crippen LogP contribution in [0.5, 0.6) is 0 Å². The molecule has 0 amide bonds. The van der Waals surface area contributed by atoms with Gasteiger partial charge in [0.1, 0.15) is 0 Å². The van der Waals surface area contributed by atoms with E-state index in [1.54, 1.807) is 4.68 Å². The molecule has 0 fully saturated rings. The first kappa shape index (κ1) is 9.29. The molecule has 1 heterocycles. The molecule has 2 N–H and O–H groups in total. The number of hydrogen-bond acceptors (Lipinski definition) is 4.